The van der Waals surface area contributed by atoms with Crippen LogP contribution in [0.15, 0.2) is 42.5 Å². The van der Waals surface area contributed by atoms with Crippen molar-refractivity contribution >= 4 is 17.8 Å². The molecule has 0 unspecified atom stereocenters. The van der Waals surface area contributed by atoms with E-state index < -0.39 is 35.7 Å². The van der Waals surface area contributed by atoms with Gasteiger partial charge in [-0.05, 0) is 41.8 Å². The average molecular weight is 429 g/mol. The molecule has 0 radical (unpaired) electrons. The summed E-state index contributed by atoms with van der Waals surface area (Å²) in [4.78, 5) is 38.8. The van der Waals surface area contributed by atoms with E-state index in [0.717, 1.165) is 10.5 Å². The molecule has 31 heavy (non-hydrogen) atoms. The zero-order valence-corrected chi connectivity index (χ0v) is 17.5. The Kier molecular flexibility index (Phi) is 6.43. The van der Waals surface area contributed by atoms with Gasteiger partial charge in [0.25, 0.3) is 5.91 Å². The third kappa shape index (κ3) is 4.30. The summed E-state index contributed by atoms with van der Waals surface area (Å²) in [6, 6.07) is 9.91. The van der Waals surface area contributed by atoms with Crippen LogP contribution in [-0.4, -0.2) is 43.5 Å². The number of ether oxygens (including phenoxy) is 2. The lowest BCUT2D eigenvalue weighted by atomic mass is 9.87. The van der Waals surface area contributed by atoms with Gasteiger partial charge in [-0.3, -0.25) is 14.5 Å². The van der Waals surface area contributed by atoms with E-state index in [2.05, 4.69) is 10.6 Å². The Hall–Kier alpha value is -3.62. The number of nitrogens with one attached hydrogen (secondary N) is 2. The van der Waals surface area contributed by atoms with Crippen molar-refractivity contribution in [3.8, 4) is 11.5 Å². The SMILES string of the molecule is CC[C@@]1(c2ccc(F)cc2)NC(=O)N(CC(=O)NCc2ccc(OC)c(OC)c2)C1=O. The molecule has 0 spiro atoms. The highest BCUT2D eigenvalue weighted by Crippen LogP contribution is 2.32. The number of hydrogen-bond donors (Lipinski definition) is 2. The molecule has 2 aromatic rings. The fourth-order valence-electron chi connectivity index (χ4n) is 3.53. The Bertz CT molecular complexity index is 995. The second kappa shape index (κ2) is 9.03. The Balaban J connectivity index is 1.68. The second-order valence-electron chi connectivity index (χ2n) is 7.05. The molecule has 2 N–H and O–H groups in total. The molecular weight excluding hydrogens is 405 g/mol. The Labute approximate surface area is 179 Å². The highest BCUT2D eigenvalue weighted by Gasteiger charge is 2.51. The Morgan fingerprint density at radius 2 is 1.77 bits per heavy atom. The molecule has 0 aliphatic carbocycles. The highest BCUT2D eigenvalue weighted by atomic mass is 19.1. The lowest BCUT2D eigenvalue weighted by molar-refractivity contribution is -0.135. The summed E-state index contributed by atoms with van der Waals surface area (Å²) in [6.45, 7) is 1.49. The molecule has 164 valence electrons. The monoisotopic (exact) mass is 429 g/mol. The topological polar surface area (TPSA) is 97.0 Å². The molecule has 1 aliphatic rings. The van der Waals surface area contributed by atoms with E-state index in [4.69, 9.17) is 9.47 Å². The molecule has 8 nitrogen and oxygen atoms in total. The van der Waals surface area contributed by atoms with Gasteiger partial charge in [0.1, 0.15) is 17.9 Å². The Morgan fingerprint density at radius 1 is 1.10 bits per heavy atom. The molecule has 4 amide bonds. The van der Waals surface area contributed by atoms with Gasteiger partial charge in [0.15, 0.2) is 11.5 Å². The fourth-order valence-corrected chi connectivity index (χ4v) is 3.53. The summed E-state index contributed by atoms with van der Waals surface area (Å²) in [5.41, 5.74) is -0.102. The first-order valence-electron chi connectivity index (χ1n) is 9.72. The predicted octanol–water partition coefficient (Wildman–Crippen LogP) is 2.32. The summed E-state index contributed by atoms with van der Waals surface area (Å²) in [6.07, 6.45) is 0.257. The number of benzene rings is 2. The van der Waals surface area contributed by atoms with Gasteiger partial charge < -0.3 is 20.1 Å². The number of amides is 4. The molecule has 0 saturated carbocycles. The summed E-state index contributed by atoms with van der Waals surface area (Å²) in [5, 5.41) is 5.35. The fraction of sp³-hybridized carbons (Fsp3) is 0.318. The van der Waals surface area contributed by atoms with Crippen LogP contribution in [0.25, 0.3) is 0 Å². The van der Waals surface area contributed by atoms with Crippen molar-refractivity contribution in [3.05, 3.63) is 59.4 Å². The molecule has 0 aromatic heterocycles. The predicted molar refractivity (Wildman–Crippen MR) is 110 cm³/mol. The number of rotatable bonds is 8. The quantitative estimate of drug-likeness (QED) is 0.628. The number of halogens is 1. The lowest BCUT2D eigenvalue weighted by Gasteiger charge is -2.25. The first-order chi connectivity index (χ1) is 14.8. The van der Waals surface area contributed by atoms with Gasteiger partial charge in [-0.15, -0.1) is 0 Å². The van der Waals surface area contributed by atoms with Gasteiger partial charge in [0.05, 0.1) is 14.2 Å². The summed E-state index contributed by atoms with van der Waals surface area (Å²) in [7, 11) is 3.04. The molecule has 1 atom stereocenters. The molecule has 1 fully saturated rings. The largest absolute Gasteiger partial charge is 0.493 e. The van der Waals surface area contributed by atoms with E-state index >= 15 is 0 Å². The summed E-state index contributed by atoms with van der Waals surface area (Å²) < 4.78 is 23.7. The van der Waals surface area contributed by atoms with Gasteiger partial charge in [-0.2, -0.15) is 0 Å². The van der Waals surface area contributed by atoms with Crippen molar-refractivity contribution in [1.82, 2.24) is 15.5 Å². The van der Waals surface area contributed by atoms with Crippen LogP contribution >= 0.6 is 0 Å². The van der Waals surface area contributed by atoms with Crippen LogP contribution < -0.4 is 20.1 Å². The average Bonchev–Trinajstić information content (AvgIpc) is 3.03. The number of urea groups is 1. The van der Waals surface area contributed by atoms with Crippen molar-refractivity contribution in [2.45, 2.75) is 25.4 Å². The molecule has 9 heteroatoms. The first kappa shape index (κ1) is 22.1. The normalized spacial score (nSPS) is 18.0. The first-order valence-corrected chi connectivity index (χ1v) is 9.72. The second-order valence-corrected chi connectivity index (χ2v) is 7.05. The maximum absolute atomic E-state index is 13.3. The molecular formula is C22H24FN3O5. The van der Waals surface area contributed by atoms with E-state index in [9.17, 15) is 18.8 Å². The van der Waals surface area contributed by atoms with Crippen molar-refractivity contribution in [2.75, 3.05) is 20.8 Å². The van der Waals surface area contributed by atoms with Crippen molar-refractivity contribution in [3.63, 3.8) is 0 Å². The zero-order valence-electron chi connectivity index (χ0n) is 17.5. The number of imide groups is 1. The maximum atomic E-state index is 13.3. The van der Waals surface area contributed by atoms with Crippen LogP contribution in [0, 0.1) is 5.82 Å². The number of carbonyl (C=O) groups is 3. The minimum Gasteiger partial charge on any atom is -0.493 e. The van der Waals surface area contributed by atoms with E-state index in [0.29, 0.717) is 17.1 Å². The van der Waals surface area contributed by atoms with E-state index in [1.807, 2.05) is 0 Å². The van der Waals surface area contributed by atoms with Crippen LogP contribution in [0.5, 0.6) is 11.5 Å². The minimum atomic E-state index is -1.32. The van der Waals surface area contributed by atoms with Crippen molar-refractivity contribution < 1.29 is 28.2 Å². The lowest BCUT2D eigenvalue weighted by Crippen LogP contribution is -2.44. The zero-order chi connectivity index (χ0) is 22.6. The molecule has 3 rings (SSSR count). The molecule has 0 bridgehead atoms. The number of nitrogens with zero attached hydrogens (tertiary/aromatic N) is 1. The van der Waals surface area contributed by atoms with Gasteiger partial charge in [-0.25, -0.2) is 9.18 Å². The highest BCUT2D eigenvalue weighted by molar-refractivity contribution is 6.09. The summed E-state index contributed by atoms with van der Waals surface area (Å²) >= 11 is 0. The molecule has 2 aromatic carbocycles. The molecule has 1 heterocycles. The van der Waals surface area contributed by atoms with Crippen LogP contribution in [-0.2, 0) is 21.7 Å². The number of methoxy groups -OCH3 is 2. The van der Waals surface area contributed by atoms with Crippen molar-refractivity contribution in [1.29, 1.82) is 0 Å². The van der Waals surface area contributed by atoms with Crippen LogP contribution in [0.3, 0.4) is 0 Å². The minimum absolute atomic E-state index is 0.180. The van der Waals surface area contributed by atoms with Gasteiger partial charge in [0, 0.05) is 6.54 Å². The summed E-state index contributed by atoms with van der Waals surface area (Å²) in [5.74, 6) is -0.403. The van der Waals surface area contributed by atoms with Crippen LogP contribution in [0.4, 0.5) is 9.18 Å². The van der Waals surface area contributed by atoms with Crippen LogP contribution in [0.2, 0.25) is 0 Å². The Morgan fingerprint density at radius 3 is 2.39 bits per heavy atom. The third-order valence-corrected chi connectivity index (χ3v) is 5.28. The maximum Gasteiger partial charge on any atom is 0.325 e. The van der Waals surface area contributed by atoms with E-state index in [-0.39, 0.29) is 13.0 Å². The third-order valence-electron chi connectivity index (χ3n) is 5.28. The van der Waals surface area contributed by atoms with E-state index in [1.165, 1.54) is 38.5 Å². The number of carbonyl (C=O) groups excluding carboxylic acids is 3. The molecule has 1 aliphatic heterocycles. The van der Waals surface area contributed by atoms with E-state index in [1.54, 1.807) is 25.1 Å². The number of hydrogen-bond acceptors (Lipinski definition) is 5. The van der Waals surface area contributed by atoms with Gasteiger partial charge in [0.2, 0.25) is 5.91 Å². The smallest absolute Gasteiger partial charge is 0.325 e. The van der Waals surface area contributed by atoms with Crippen LogP contribution in [0.1, 0.15) is 24.5 Å². The van der Waals surface area contributed by atoms with Gasteiger partial charge in [-0.1, -0.05) is 25.1 Å². The molecule has 1 saturated heterocycles. The standard InChI is InChI=1S/C22H24FN3O5/c1-4-22(15-6-8-16(23)9-7-15)20(28)26(21(29)25-22)13-19(27)24-12-14-5-10-17(30-2)18(11-14)31-3/h5-11H,4,12-13H2,1-3H3,(H,24,27)(H,25,29)/t22-/m0/s1. The van der Waals surface area contributed by atoms with Gasteiger partial charge >= 0.3 is 6.03 Å². The van der Waals surface area contributed by atoms with Crippen molar-refractivity contribution in [2.24, 2.45) is 0 Å².